The summed E-state index contributed by atoms with van der Waals surface area (Å²) in [6, 6.07) is 3.87. The van der Waals surface area contributed by atoms with Gasteiger partial charge in [0.15, 0.2) is 5.84 Å². The summed E-state index contributed by atoms with van der Waals surface area (Å²) in [7, 11) is 0. The highest BCUT2D eigenvalue weighted by molar-refractivity contribution is 6.00. The van der Waals surface area contributed by atoms with E-state index in [4.69, 9.17) is 20.4 Å². The topological polar surface area (TPSA) is 120 Å². The minimum absolute atomic E-state index is 0.160. The lowest BCUT2D eigenvalue weighted by Crippen LogP contribution is -2.16. The van der Waals surface area contributed by atoms with Crippen LogP contribution in [-0.2, 0) is 4.74 Å². The van der Waals surface area contributed by atoms with Crippen LogP contribution in [-0.4, -0.2) is 35.8 Å². The summed E-state index contributed by atoms with van der Waals surface area (Å²) in [5.74, 6) is 0.0377. The SMILES string of the molecule is CCOCCOc1ccc([N+](=O)[O-])cc1C(N)=NO. The predicted octanol–water partition coefficient (Wildman–Crippen LogP) is 1.10. The van der Waals surface area contributed by atoms with Gasteiger partial charge in [-0.25, -0.2) is 0 Å². The fourth-order valence-electron chi connectivity index (χ4n) is 1.37. The maximum Gasteiger partial charge on any atom is 0.270 e. The van der Waals surface area contributed by atoms with Crippen LogP contribution in [0.2, 0.25) is 0 Å². The summed E-state index contributed by atoms with van der Waals surface area (Å²) in [5.41, 5.74) is 5.45. The normalized spacial score (nSPS) is 11.3. The summed E-state index contributed by atoms with van der Waals surface area (Å²) < 4.78 is 10.5. The van der Waals surface area contributed by atoms with Crippen molar-refractivity contribution in [2.24, 2.45) is 10.9 Å². The van der Waals surface area contributed by atoms with E-state index in [0.29, 0.717) is 19.0 Å². The molecule has 0 amide bonds. The van der Waals surface area contributed by atoms with Gasteiger partial charge in [0.25, 0.3) is 5.69 Å². The molecule has 19 heavy (non-hydrogen) atoms. The number of nitrogens with zero attached hydrogens (tertiary/aromatic N) is 2. The summed E-state index contributed by atoms with van der Waals surface area (Å²) >= 11 is 0. The Morgan fingerprint density at radius 3 is 2.84 bits per heavy atom. The van der Waals surface area contributed by atoms with E-state index in [1.807, 2.05) is 6.92 Å². The van der Waals surface area contributed by atoms with Gasteiger partial charge >= 0.3 is 0 Å². The summed E-state index contributed by atoms with van der Waals surface area (Å²) in [6.07, 6.45) is 0. The molecule has 0 heterocycles. The first-order valence-corrected chi connectivity index (χ1v) is 5.57. The highest BCUT2D eigenvalue weighted by Gasteiger charge is 2.15. The van der Waals surface area contributed by atoms with Crippen molar-refractivity contribution in [3.05, 3.63) is 33.9 Å². The van der Waals surface area contributed by atoms with Gasteiger partial charge in [-0.3, -0.25) is 10.1 Å². The van der Waals surface area contributed by atoms with Crippen LogP contribution in [0, 0.1) is 10.1 Å². The summed E-state index contributed by atoms with van der Waals surface area (Å²) in [6.45, 7) is 3.06. The number of nitro benzene ring substituents is 1. The lowest BCUT2D eigenvalue weighted by atomic mass is 10.1. The smallest absolute Gasteiger partial charge is 0.270 e. The monoisotopic (exact) mass is 269 g/mol. The molecule has 0 atom stereocenters. The van der Waals surface area contributed by atoms with Gasteiger partial charge in [-0.15, -0.1) is 0 Å². The van der Waals surface area contributed by atoms with Gasteiger partial charge in [0.1, 0.15) is 12.4 Å². The molecule has 0 aromatic heterocycles. The lowest BCUT2D eigenvalue weighted by molar-refractivity contribution is -0.384. The number of non-ortho nitro benzene ring substituents is 1. The number of hydrogen-bond acceptors (Lipinski definition) is 6. The first kappa shape index (κ1) is 14.7. The third-order valence-electron chi connectivity index (χ3n) is 2.25. The standard InChI is InChI=1S/C11H15N3O5/c1-2-18-5-6-19-10-4-3-8(14(16)17)7-9(10)11(12)13-15/h3-4,7,15H,2,5-6H2,1H3,(H2,12,13). The molecule has 1 aromatic carbocycles. The lowest BCUT2D eigenvalue weighted by Gasteiger charge is -2.10. The second-order valence-corrected chi connectivity index (χ2v) is 3.47. The van der Waals surface area contributed by atoms with E-state index in [1.54, 1.807) is 0 Å². The summed E-state index contributed by atoms with van der Waals surface area (Å²) in [4.78, 5) is 10.1. The van der Waals surface area contributed by atoms with Crippen LogP contribution >= 0.6 is 0 Å². The number of nitrogens with two attached hydrogens (primary N) is 1. The molecule has 0 fully saturated rings. The zero-order chi connectivity index (χ0) is 14.3. The van der Waals surface area contributed by atoms with Crippen molar-refractivity contribution in [3.63, 3.8) is 0 Å². The van der Waals surface area contributed by atoms with Gasteiger partial charge in [0.2, 0.25) is 0 Å². The Kier molecular flexibility index (Phi) is 5.55. The van der Waals surface area contributed by atoms with E-state index < -0.39 is 4.92 Å². The molecule has 0 saturated carbocycles. The molecule has 1 rings (SSSR count). The molecular formula is C11H15N3O5. The van der Waals surface area contributed by atoms with Gasteiger partial charge in [-0.2, -0.15) is 0 Å². The number of rotatable bonds is 7. The van der Waals surface area contributed by atoms with Crippen LogP contribution in [0.3, 0.4) is 0 Å². The van der Waals surface area contributed by atoms with E-state index in [9.17, 15) is 10.1 Å². The Hall–Kier alpha value is -2.35. The molecule has 0 saturated heterocycles. The van der Waals surface area contributed by atoms with Crippen molar-refractivity contribution in [1.82, 2.24) is 0 Å². The Labute approximate surface area is 109 Å². The Morgan fingerprint density at radius 2 is 2.26 bits per heavy atom. The molecular weight excluding hydrogens is 254 g/mol. The number of amidine groups is 1. The Morgan fingerprint density at radius 1 is 1.53 bits per heavy atom. The van der Waals surface area contributed by atoms with E-state index in [-0.39, 0.29) is 23.7 Å². The molecule has 104 valence electrons. The van der Waals surface area contributed by atoms with Crippen LogP contribution in [0.25, 0.3) is 0 Å². The van der Waals surface area contributed by atoms with Crippen LogP contribution in [0.5, 0.6) is 5.75 Å². The predicted molar refractivity (Wildman–Crippen MR) is 67.6 cm³/mol. The first-order chi connectivity index (χ1) is 9.10. The number of ether oxygens (including phenoxy) is 2. The van der Waals surface area contributed by atoms with Gasteiger partial charge in [-0.1, -0.05) is 5.16 Å². The van der Waals surface area contributed by atoms with Crippen LogP contribution < -0.4 is 10.5 Å². The first-order valence-electron chi connectivity index (χ1n) is 5.57. The van der Waals surface area contributed by atoms with Crippen LogP contribution in [0.1, 0.15) is 12.5 Å². The van der Waals surface area contributed by atoms with Crippen LogP contribution in [0.15, 0.2) is 23.4 Å². The van der Waals surface area contributed by atoms with Crippen LogP contribution in [0.4, 0.5) is 5.69 Å². The number of benzene rings is 1. The van der Waals surface area contributed by atoms with Gasteiger partial charge in [0, 0.05) is 18.7 Å². The van der Waals surface area contributed by atoms with Crippen molar-refractivity contribution in [3.8, 4) is 5.75 Å². The number of hydrogen-bond donors (Lipinski definition) is 2. The largest absolute Gasteiger partial charge is 0.490 e. The average molecular weight is 269 g/mol. The summed E-state index contributed by atoms with van der Waals surface area (Å²) in [5, 5.41) is 22.2. The number of nitro groups is 1. The molecule has 8 nitrogen and oxygen atoms in total. The molecule has 8 heteroatoms. The molecule has 0 radical (unpaired) electrons. The third-order valence-corrected chi connectivity index (χ3v) is 2.25. The molecule has 0 aliphatic carbocycles. The molecule has 0 bridgehead atoms. The Balaban J connectivity index is 2.93. The van der Waals surface area contributed by atoms with E-state index in [0.717, 1.165) is 0 Å². The maximum atomic E-state index is 10.7. The minimum atomic E-state index is -0.571. The maximum absolute atomic E-state index is 10.7. The van der Waals surface area contributed by atoms with E-state index in [2.05, 4.69) is 5.16 Å². The van der Waals surface area contributed by atoms with Crippen molar-refractivity contribution in [2.45, 2.75) is 6.92 Å². The quantitative estimate of drug-likeness (QED) is 0.191. The molecule has 3 N–H and O–H groups in total. The zero-order valence-corrected chi connectivity index (χ0v) is 10.4. The molecule has 0 unspecified atom stereocenters. The second-order valence-electron chi connectivity index (χ2n) is 3.47. The fraction of sp³-hybridized carbons (Fsp3) is 0.364. The van der Waals surface area contributed by atoms with Crippen molar-refractivity contribution in [1.29, 1.82) is 0 Å². The fourth-order valence-corrected chi connectivity index (χ4v) is 1.37. The van der Waals surface area contributed by atoms with Gasteiger partial charge in [0.05, 0.1) is 17.1 Å². The molecule has 0 spiro atoms. The molecule has 1 aromatic rings. The second kappa shape index (κ2) is 7.17. The van der Waals surface area contributed by atoms with Crippen molar-refractivity contribution in [2.75, 3.05) is 19.8 Å². The van der Waals surface area contributed by atoms with Crippen molar-refractivity contribution < 1.29 is 19.6 Å². The van der Waals surface area contributed by atoms with Gasteiger partial charge < -0.3 is 20.4 Å². The molecule has 0 aliphatic rings. The Bertz CT molecular complexity index is 475. The zero-order valence-electron chi connectivity index (χ0n) is 10.4. The van der Waals surface area contributed by atoms with E-state index in [1.165, 1.54) is 18.2 Å². The third kappa shape index (κ3) is 4.11. The molecule has 0 aliphatic heterocycles. The highest BCUT2D eigenvalue weighted by atomic mass is 16.6. The highest BCUT2D eigenvalue weighted by Crippen LogP contribution is 2.24. The van der Waals surface area contributed by atoms with Gasteiger partial charge in [-0.05, 0) is 13.0 Å². The number of oxime groups is 1. The van der Waals surface area contributed by atoms with Crippen molar-refractivity contribution >= 4 is 11.5 Å². The van der Waals surface area contributed by atoms with E-state index >= 15 is 0 Å². The average Bonchev–Trinajstić information content (AvgIpc) is 2.42. The minimum Gasteiger partial charge on any atom is -0.490 e.